The van der Waals surface area contributed by atoms with Gasteiger partial charge >= 0.3 is 5.97 Å². The van der Waals surface area contributed by atoms with Crippen LogP contribution in [0, 0.1) is 6.92 Å². The van der Waals surface area contributed by atoms with Crippen LogP contribution < -0.4 is 0 Å². The monoisotopic (exact) mass is 264 g/mol. The molecule has 3 aromatic rings. The first kappa shape index (κ1) is 12.7. The highest BCUT2D eigenvalue weighted by Gasteiger charge is 2.12. The van der Waals surface area contributed by atoms with E-state index in [4.69, 9.17) is 4.74 Å². The van der Waals surface area contributed by atoms with E-state index in [1.165, 1.54) is 16.3 Å². The second kappa shape index (κ2) is 4.97. The summed E-state index contributed by atoms with van der Waals surface area (Å²) in [5.41, 5.74) is 1.85. The summed E-state index contributed by atoms with van der Waals surface area (Å²) >= 11 is 0. The van der Waals surface area contributed by atoms with Crippen molar-refractivity contribution in [3.63, 3.8) is 0 Å². The molecule has 0 aliphatic heterocycles. The topological polar surface area (TPSA) is 26.3 Å². The summed E-state index contributed by atoms with van der Waals surface area (Å²) in [6.07, 6.45) is 0. The smallest absolute Gasteiger partial charge is 0.338 e. The Balaban J connectivity index is 2.33. The average molecular weight is 264 g/mol. The summed E-state index contributed by atoms with van der Waals surface area (Å²) in [5.74, 6) is -0.259. The van der Waals surface area contributed by atoms with Crippen LogP contribution in [0.2, 0.25) is 0 Å². The molecule has 0 saturated carbocycles. The van der Waals surface area contributed by atoms with Crippen LogP contribution in [0.3, 0.4) is 0 Å². The molecule has 0 saturated heterocycles. The molecule has 2 nitrogen and oxygen atoms in total. The predicted octanol–water partition coefficient (Wildman–Crippen LogP) is 4.48. The Kier molecular flexibility index (Phi) is 3.15. The number of ether oxygens (including phenoxy) is 1. The largest absolute Gasteiger partial charge is 0.462 e. The van der Waals surface area contributed by atoms with Gasteiger partial charge in [-0.05, 0) is 41.5 Å². The minimum Gasteiger partial charge on any atom is -0.462 e. The highest BCUT2D eigenvalue weighted by Crippen LogP contribution is 2.28. The highest BCUT2D eigenvalue weighted by molar-refractivity contribution is 6.14. The fourth-order valence-corrected chi connectivity index (χ4v) is 2.59. The highest BCUT2D eigenvalue weighted by atomic mass is 16.5. The fourth-order valence-electron chi connectivity index (χ4n) is 2.59. The maximum atomic E-state index is 12.0. The van der Waals surface area contributed by atoms with Crippen LogP contribution in [0.25, 0.3) is 21.5 Å². The molecule has 0 radical (unpaired) electrons. The van der Waals surface area contributed by atoms with Crippen LogP contribution in [0.1, 0.15) is 22.8 Å². The molecular weight excluding hydrogens is 248 g/mol. The van der Waals surface area contributed by atoms with E-state index in [2.05, 4.69) is 37.3 Å². The quantitative estimate of drug-likeness (QED) is 0.504. The molecule has 3 rings (SSSR count). The van der Waals surface area contributed by atoms with Crippen molar-refractivity contribution in [3.05, 3.63) is 59.7 Å². The van der Waals surface area contributed by atoms with Crippen molar-refractivity contribution in [1.29, 1.82) is 0 Å². The van der Waals surface area contributed by atoms with Gasteiger partial charge in [0.05, 0.1) is 12.2 Å². The van der Waals surface area contributed by atoms with E-state index in [0.29, 0.717) is 12.2 Å². The number of fused-ring (bicyclic) bond motifs is 3. The van der Waals surface area contributed by atoms with Crippen LogP contribution in [0.4, 0.5) is 0 Å². The molecule has 0 aliphatic carbocycles. The first-order valence-corrected chi connectivity index (χ1v) is 6.80. The predicted molar refractivity (Wildman–Crippen MR) is 82.1 cm³/mol. The van der Waals surface area contributed by atoms with Crippen molar-refractivity contribution in [2.24, 2.45) is 0 Å². The van der Waals surface area contributed by atoms with E-state index >= 15 is 0 Å². The van der Waals surface area contributed by atoms with Gasteiger partial charge in [0.15, 0.2) is 0 Å². The average Bonchev–Trinajstić information content (AvgIpc) is 2.46. The lowest BCUT2D eigenvalue weighted by Crippen LogP contribution is -2.05. The first-order chi connectivity index (χ1) is 9.70. The Morgan fingerprint density at radius 3 is 2.60 bits per heavy atom. The van der Waals surface area contributed by atoms with Gasteiger partial charge in [-0.2, -0.15) is 0 Å². The van der Waals surface area contributed by atoms with E-state index in [-0.39, 0.29) is 5.97 Å². The van der Waals surface area contributed by atoms with Crippen molar-refractivity contribution in [2.45, 2.75) is 13.8 Å². The Bertz CT molecular complexity index is 803. The number of rotatable bonds is 2. The molecule has 0 bridgehead atoms. The number of carbonyl (C=O) groups is 1. The normalized spacial score (nSPS) is 10.9. The molecule has 0 aliphatic rings. The summed E-state index contributed by atoms with van der Waals surface area (Å²) in [6, 6.07) is 16.2. The summed E-state index contributed by atoms with van der Waals surface area (Å²) in [5, 5.41) is 4.40. The van der Waals surface area contributed by atoms with Gasteiger partial charge in [-0.1, -0.05) is 48.0 Å². The Labute approximate surface area is 118 Å². The Hall–Kier alpha value is -2.35. The van der Waals surface area contributed by atoms with E-state index in [1.54, 1.807) is 0 Å². The molecule has 0 unspecified atom stereocenters. The maximum Gasteiger partial charge on any atom is 0.338 e. The first-order valence-electron chi connectivity index (χ1n) is 6.80. The number of carbonyl (C=O) groups excluding carboxylic acids is 1. The van der Waals surface area contributed by atoms with Crippen molar-refractivity contribution >= 4 is 27.5 Å². The number of esters is 1. The van der Waals surface area contributed by atoms with Gasteiger partial charge in [-0.3, -0.25) is 0 Å². The lowest BCUT2D eigenvalue weighted by atomic mass is 9.97. The number of hydrogen-bond donors (Lipinski definition) is 0. The van der Waals surface area contributed by atoms with Gasteiger partial charge in [-0.25, -0.2) is 4.79 Å². The third kappa shape index (κ3) is 2.03. The molecule has 0 atom stereocenters. The second-order valence-corrected chi connectivity index (χ2v) is 4.91. The standard InChI is InChI=1S/C18H16O2/c1-3-20-18(19)16-6-4-5-14-15(16)10-9-13-8-7-12(2)11-17(13)14/h4-11H,3H2,1-2H3. The minimum atomic E-state index is -0.259. The van der Waals surface area contributed by atoms with Crippen LogP contribution >= 0.6 is 0 Å². The third-order valence-electron chi connectivity index (χ3n) is 3.53. The molecule has 0 aromatic heterocycles. The van der Waals surface area contributed by atoms with Crippen molar-refractivity contribution in [3.8, 4) is 0 Å². The van der Waals surface area contributed by atoms with Gasteiger partial charge in [0.1, 0.15) is 0 Å². The summed E-state index contributed by atoms with van der Waals surface area (Å²) in [6.45, 7) is 4.29. The fraction of sp³-hybridized carbons (Fsp3) is 0.167. The van der Waals surface area contributed by atoms with Crippen LogP contribution in [0.15, 0.2) is 48.5 Å². The third-order valence-corrected chi connectivity index (χ3v) is 3.53. The molecule has 0 amide bonds. The number of aryl methyl sites for hydroxylation is 1. The van der Waals surface area contributed by atoms with E-state index in [1.807, 2.05) is 25.1 Å². The Morgan fingerprint density at radius 1 is 1.00 bits per heavy atom. The summed E-state index contributed by atoms with van der Waals surface area (Å²) in [7, 11) is 0. The zero-order chi connectivity index (χ0) is 14.1. The Morgan fingerprint density at radius 2 is 1.80 bits per heavy atom. The van der Waals surface area contributed by atoms with Gasteiger partial charge in [0.25, 0.3) is 0 Å². The van der Waals surface area contributed by atoms with Gasteiger partial charge < -0.3 is 4.74 Å². The second-order valence-electron chi connectivity index (χ2n) is 4.91. The lowest BCUT2D eigenvalue weighted by Gasteiger charge is -2.09. The molecule has 100 valence electrons. The SMILES string of the molecule is CCOC(=O)c1cccc2c1ccc1ccc(C)cc12. The molecule has 0 N–H and O–H groups in total. The van der Waals surface area contributed by atoms with Gasteiger partial charge in [0, 0.05) is 0 Å². The molecule has 0 spiro atoms. The van der Waals surface area contributed by atoms with E-state index in [9.17, 15) is 4.79 Å². The molecule has 0 fully saturated rings. The van der Waals surface area contributed by atoms with Crippen LogP contribution in [-0.4, -0.2) is 12.6 Å². The zero-order valence-electron chi connectivity index (χ0n) is 11.6. The molecule has 2 heteroatoms. The van der Waals surface area contributed by atoms with Crippen molar-refractivity contribution in [1.82, 2.24) is 0 Å². The van der Waals surface area contributed by atoms with E-state index < -0.39 is 0 Å². The lowest BCUT2D eigenvalue weighted by molar-refractivity contribution is 0.0528. The van der Waals surface area contributed by atoms with Crippen LogP contribution in [-0.2, 0) is 4.74 Å². The van der Waals surface area contributed by atoms with Crippen molar-refractivity contribution in [2.75, 3.05) is 6.61 Å². The molecule has 3 aromatic carbocycles. The van der Waals surface area contributed by atoms with E-state index in [0.717, 1.165) is 10.8 Å². The summed E-state index contributed by atoms with van der Waals surface area (Å²) in [4.78, 5) is 12.0. The van der Waals surface area contributed by atoms with Crippen molar-refractivity contribution < 1.29 is 9.53 Å². The molecule has 20 heavy (non-hydrogen) atoms. The number of hydrogen-bond acceptors (Lipinski definition) is 2. The molecule has 0 heterocycles. The van der Waals surface area contributed by atoms with Gasteiger partial charge in [-0.15, -0.1) is 0 Å². The zero-order valence-corrected chi connectivity index (χ0v) is 11.6. The number of benzene rings is 3. The van der Waals surface area contributed by atoms with Gasteiger partial charge in [0.2, 0.25) is 0 Å². The summed E-state index contributed by atoms with van der Waals surface area (Å²) < 4.78 is 5.13. The van der Waals surface area contributed by atoms with Crippen LogP contribution in [0.5, 0.6) is 0 Å². The maximum absolute atomic E-state index is 12.0. The minimum absolute atomic E-state index is 0.259. The molecular formula is C18H16O2.